The van der Waals surface area contributed by atoms with Crippen LogP contribution in [-0.2, 0) is 15.6 Å². The van der Waals surface area contributed by atoms with E-state index in [0.29, 0.717) is 15.8 Å². The monoisotopic (exact) mass is 512 g/mol. The molecule has 1 fully saturated rings. The number of thioether (sulfide) groups is 1. The fourth-order valence-electron chi connectivity index (χ4n) is 4.23. The average Bonchev–Trinajstić information content (AvgIpc) is 3.10. The third kappa shape index (κ3) is 5.83. The first kappa shape index (κ1) is 26.7. The van der Waals surface area contributed by atoms with E-state index in [9.17, 15) is 9.90 Å². The summed E-state index contributed by atoms with van der Waals surface area (Å²) >= 11 is 1.38. The highest BCUT2D eigenvalue weighted by Gasteiger charge is 2.35. The van der Waals surface area contributed by atoms with Gasteiger partial charge in [0.25, 0.3) is 5.91 Å². The molecule has 1 heterocycles. The van der Waals surface area contributed by atoms with Gasteiger partial charge in [0.1, 0.15) is 5.75 Å². The van der Waals surface area contributed by atoms with E-state index in [4.69, 9.17) is 4.99 Å². The van der Waals surface area contributed by atoms with E-state index in [1.807, 2.05) is 80.6 Å². The van der Waals surface area contributed by atoms with Gasteiger partial charge in [-0.2, -0.15) is 0 Å². The van der Waals surface area contributed by atoms with E-state index in [1.54, 1.807) is 4.90 Å². The molecule has 4 nitrogen and oxygen atoms in total. The van der Waals surface area contributed by atoms with Gasteiger partial charge in [-0.1, -0.05) is 76.9 Å². The van der Waals surface area contributed by atoms with Crippen molar-refractivity contribution in [3.8, 4) is 5.75 Å². The summed E-state index contributed by atoms with van der Waals surface area (Å²) in [6.07, 6.45) is 1.93. The molecule has 1 N–H and O–H groups in total. The molecule has 37 heavy (non-hydrogen) atoms. The minimum absolute atomic E-state index is 0.109. The molecule has 1 saturated heterocycles. The van der Waals surface area contributed by atoms with Crippen LogP contribution in [0.15, 0.2) is 70.6 Å². The molecule has 0 spiro atoms. The normalized spacial score (nSPS) is 16.8. The van der Waals surface area contributed by atoms with Crippen molar-refractivity contribution in [1.82, 2.24) is 0 Å². The summed E-state index contributed by atoms with van der Waals surface area (Å²) in [4.78, 5) is 20.9. The highest BCUT2D eigenvalue weighted by atomic mass is 32.2. The van der Waals surface area contributed by atoms with Crippen LogP contribution < -0.4 is 4.90 Å². The van der Waals surface area contributed by atoms with Gasteiger partial charge in [-0.15, -0.1) is 0 Å². The van der Waals surface area contributed by atoms with Crippen molar-refractivity contribution in [3.05, 3.63) is 93.4 Å². The molecule has 3 aromatic rings. The van der Waals surface area contributed by atoms with Crippen LogP contribution in [0, 0.1) is 13.8 Å². The van der Waals surface area contributed by atoms with Crippen molar-refractivity contribution < 1.29 is 9.90 Å². The maximum absolute atomic E-state index is 13.8. The molecule has 3 aromatic carbocycles. The predicted molar refractivity (Wildman–Crippen MR) is 158 cm³/mol. The predicted octanol–water partition coefficient (Wildman–Crippen LogP) is 8.41. The van der Waals surface area contributed by atoms with Crippen LogP contribution in [0.1, 0.15) is 69.4 Å². The molecule has 192 valence electrons. The summed E-state index contributed by atoms with van der Waals surface area (Å²) in [7, 11) is 0. The maximum atomic E-state index is 13.8. The zero-order valence-electron chi connectivity index (χ0n) is 23.0. The summed E-state index contributed by atoms with van der Waals surface area (Å²) in [5.74, 6) is 0.220. The Kier molecular flexibility index (Phi) is 7.13. The number of aliphatic imine (C=N–C) groups is 1. The second-order valence-corrected chi connectivity index (χ2v) is 12.8. The molecule has 0 aromatic heterocycles. The Bertz CT molecular complexity index is 1350. The average molecular weight is 513 g/mol. The largest absolute Gasteiger partial charge is 0.507 e. The Morgan fingerprint density at radius 1 is 0.811 bits per heavy atom. The zero-order valence-corrected chi connectivity index (χ0v) is 23.8. The second-order valence-electron chi connectivity index (χ2n) is 11.8. The molecular weight excluding hydrogens is 476 g/mol. The van der Waals surface area contributed by atoms with Crippen molar-refractivity contribution in [2.45, 2.75) is 66.2 Å². The van der Waals surface area contributed by atoms with Gasteiger partial charge >= 0.3 is 0 Å². The highest BCUT2D eigenvalue weighted by Crippen LogP contribution is 2.42. The summed E-state index contributed by atoms with van der Waals surface area (Å²) in [6, 6.07) is 19.9. The third-order valence-corrected chi connectivity index (χ3v) is 7.37. The van der Waals surface area contributed by atoms with Crippen LogP contribution in [0.2, 0.25) is 0 Å². The number of aromatic hydroxyl groups is 1. The number of aryl methyl sites for hydroxylation is 2. The number of carbonyl (C=O) groups excluding carboxylic acids is 1. The fraction of sp³-hybridized carbons (Fsp3) is 0.312. The number of phenols is 1. The Morgan fingerprint density at radius 2 is 1.30 bits per heavy atom. The molecule has 0 aliphatic carbocycles. The van der Waals surface area contributed by atoms with E-state index in [-0.39, 0.29) is 16.7 Å². The molecular formula is C32H36N2O2S. The summed E-state index contributed by atoms with van der Waals surface area (Å²) < 4.78 is 0. The molecule has 0 atom stereocenters. The van der Waals surface area contributed by atoms with Crippen LogP contribution in [-0.4, -0.2) is 16.2 Å². The molecule has 0 radical (unpaired) electrons. The second kappa shape index (κ2) is 9.86. The van der Waals surface area contributed by atoms with Gasteiger partial charge in [0.05, 0.1) is 16.3 Å². The minimum atomic E-state index is -0.253. The maximum Gasteiger partial charge on any atom is 0.271 e. The molecule has 0 bridgehead atoms. The molecule has 0 saturated carbocycles. The molecule has 5 heteroatoms. The van der Waals surface area contributed by atoms with Crippen LogP contribution in [0.25, 0.3) is 6.08 Å². The Labute approximate surface area is 225 Å². The van der Waals surface area contributed by atoms with Gasteiger partial charge in [0.2, 0.25) is 0 Å². The smallest absolute Gasteiger partial charge is 0.271 e. The molecule has 0 unspecified atom stereocenters. The quantitative estimate of drug-likeness (QED) is 0.358. The molecule has 4 rings (SSSR count). The van der Waals surface area contributed by atoms with E-state index >= 15 is 0 Å². The lowest BCUT2D eigenvalue weighted by molar-refractivity contribution is -0.113. The van der Waals surface area contributed by atoms with Crippen LogP contribution in [0.3, 0.4) is 0 Å². The number of hydrogen-bond donors (Lipinski definition) is 1. The standard InChI is InChI=1S/C32H36N2O2S/c1-20-9-13-23(14-10-20)33-30-34(24-15-11-21(2)12-16-24)29(36)27(37-30)19-22-17-25(31(3,4)5)28(35)26(18-22)32(6,7)8/h9-19,35H,1-8H3/b27-19-,33-30?. The Hall–Kier alpha value is -3.31. The number of hydrogen-bond acceptors (Lipinski definition) is 4. The number of anilines is 1. The van der Waals surface area contributed by atoms with Crippen molar-refractivity contribution in [2.75, 3.05) is 4.90 Å². The van der Waals surface area contributed by atoms with Gasteiger partial charge in [-0.25, -0.2) is 4.99 Å². The summed E-state index contributed by atoms with van der Waals surface area (Å²) in [6.45, 7) is 16.6. The van der Waals surface area contributed by atoms with Gasteiger partial charge in [-0.3, -0.25) is 9.69 Å². The number of phenolic OH excluding ortho intramolecular Hbond substituents is 1. The number of rotatable bonds is 3. The van der Waals surface area contributed by atoms with Crippen LogP contribution >= 0.6 is 11.8 Å². The Balaban J connectivity index is 1.85. The highest BCUT2D eigenvalue weighted by molar-refractivity contribution is 8.19. The SMILES string of the molecule is Cc1ccc(N=C2S/C(=C\c3cc(C(C)(C)C)c(O)c(C(C)(C)C)c3)C(=O)N2c2ccc(C)cc2)cc1. The fourth-order valence-corrected chi connectivity index (χ4v) is 5.24. The van der Waals surface area contributed by atoms with Crippen molar-refractivity contribution in [2.24, 2.45) is 4.99 Å². The van der Waals surface area contributed by atoms with E-state index in [1.165, 1.54) is 11.8 Å². The lowest BCUT2D eigenvalue weighted by atomic mass is 9.78. The third-order valence-electron chi connectivity index (χ3n) is 6.40. The van der Waals surface area contributed by atoms with E-state index < -0.39 is 0 Å². The van der Waals surface area contributed by atoms with Crippen molar-refractivity contribution in [1.29, 1.82) is 0 Å². The number of amidine groups is 1. The Morgan fingerprint density at radius 3 is 1.78 bits per heavy atom. The number of carbonyl (C=O) groups is 1. The zero-order chi connectivity index (χ0) is 27.1. The van der Waals surface area contributed by atoms with Gasteiger partial charge in [0.15, 0.2) is 5.17 Å². The van der Waals surface area contributed by atoms with Crippen molar-refractivity contribution in [3.63, 3.8) is 0 Å². The van der Waals surface area contributed by atoms with E-state index in [0.717, 1.165) is 39.2 Å². The first-order valence-corrected chi connectivity index (χ1v) is 13.4. The molecule has 1 amide bonds. The number of nitrogens with zero attached hydrogens (tertiary/aromatic N) is 2. The minimum Gasteiger partial charge on any atom is -0.507 e. The topological polar surface area (TPSA) is 52.9 Å². The van der Waals surface area contributed by atoms with Crippen LogP contribution in [0.4, 0.5) is 11.4 Å². The first-order chi connectivity index (χ1) is 17.2. The number of benzene rings is 3. The molecule has 1 aliphatic heterocycles. The van der Waals surface area contributed by atoms with Crippen molar-refractivity contribution >= 4 is 40.3 Å². The van der Waals surface area contributed by atoms with Gasteiger partial charge in [0, 0.05) is 11.1 Å². The van der Waals surface area contributed by atoms with Gasteiger partial charge < -0.3 is 5.11 Å². The lowest BCUT2D eigenvalue weighted by Crippen LogP contribution is -2.28. The summed E-state index contributed by atoms with van der Waals surface area (Å²) in [5, 5.41) is 11.7. The lowest BCUT2D eigenvalue weighted by Gasteiger charge is -2.28. The summed E-state index contributed by atoms with van der Waals surface area (Å²) in [5.41, 5.74) is 5.99. The van der Waals surface area contributed by atoms with Gasteiger partial charge in [-0.05, 0) is 84.5 Å². The van der Waals surface area contributed by atoms with Crippen LogP contribution in [0.5, 0.6) is 5.75 Å². The first-order valence-electron chi connectivity index (χ1n) is 12.6. The number of amides is 1. The van der Waals surface area contributed by atoms with E-state index in [2.05, 4.69) is 41.5 Å². The molecule has 1 aliphatic rings.